The summed E-state index contributed by atoms with van der Waals surface area (Å²) in [4.78, 5) is 61.3. The molecule has 13 heteroatoms. The van der Waals surface area contributed by atoms with Crippen molar-refractivity contribution in [3.8, 4) is 0 Å². The minimum Gasteiger partial charge on any atom is -0.481 e. The van der Waals surface area contributed by atoms with E-state index in [2.05, 4.69) is 0 Å². The molecule has 0 aromatic heterocycles. The van der Waals surface area contributed by atoms with E-state index in [1.165, 1.54) is 23.9 Å². The first-order valence-corrected chi connectivity index (χ1v) is 12.4. The number of carbonyl (C=O) groups is 5. The molecule has 0 radical (unpaired) electrons. The van der Waals surface area contributed by atoms with E-state index >= 15 is 0 Å². The SMILES string of the molecule is CN(C(=O)CCCC(=O)O)c1c(I)c(C(=O)O)c(I)c(N(C)C(=O)CCCC(=O)O)c1I. The van der Waals surface area contributed by atoms with Crippen molar-refractivity contribution >= 4 is 109 Å². The van der Waals surface area contributed by atoms with Crippen LogP contribution in [0.25, 0.3) is 0 Å². The lowest BCUT2D eigenvalue weighted by Gasteiger charge is -2.28. The number of hydrogen-bond acceptors (Lipinski definition) is 5. The quantitative estimate of drug-likeness (QED) is 0.288. The molecule has 0 atom stereocenters. The Kier molecular flexibility index (Phi) is 11.6. The highest BCUT2D eigenvalue weighted by Gasteiger charge is 2.30. The predicted molar refractivity (Wildman–Crippen MR) is 141 cm³/mol. The van der Waals surface area contributed by atoms with E-state index in [0.717, 1.165) is 0 Å². The number of nitrogens with zero attached hydrogens (tertiary/aromatic N) is 2. The number of carboxylic acids is 3. The predicted octanol–water partition coefficient (Wildman–Crippen LogP) is 3.63. The smallest absolute Gasteiger partial charge is 0.338 e. The monoisotopic (exact) mass is 786 g/mol. The molecule has 0 unspecified atom stereocenters. The van der Waals surface area contributed by atoms with Crippen molar-refractivity contribution < 1.29 is 39.3 Å². The third-order valence-electron chi connectivity index (χ3n) is 4.47. The molecule has 0 aliphatic carbocycles. The Morgan fingerprint density at radius 3 is 1.28 bits per heavy atom. The molecule has 3 N–H and O–H groups in total. The lowest BCUT2D eigenvalue weighted by Crippen LogP contribution is -2.32. The molecule has 0 fully saturated rings. The number of carboxylic acid groups (broad SMARTS) is 3. The summed E-state index contributed by atoms with van der Waals surface area (Å²) in [7, 11) is 2.94. The van der Waals surface area contributed by atoms with Crippen molar-refractivity contribution in [1.82, 2.24) is 0 Å². The second kappa shape index (κ2) is 12.9. The largest absolute Gasteiger partial charge is 0.481 e. The number of anilines is 2. The highest BCUT2D eigenvalue weighted by molar-refractivity contribution is 14.1. The van der Waals surface area contributed by atoms with Gasteiger partial charge in [0.15, 0.2) is 0 Å². The van der Waals surface area contributed by atoms with Crippen LogP contribution in [0, 0.1) is 10.7 Å². The normalized spacial score (nSPS) is 10.5. The van der Waals surface area contributed by atoms with Gasteiger partial charge in [-0.1, -0.05) is 0 Å². The van der Waals surface area contributed by atoms with E-state index in [0.29, 0.717) is 22.1 Å². The van der Waals surface area contributed by atoms with Crippen LogP contribution in [-0.4, -0.2) is 59.1 Å². The van der Waals surface area contributed by atoms with Crippen molar-refractivity contribution in [2.75, 3.05) is 23.9 Å². The van der Waals surface area contributed by atoms with Crippen LogP contribution >= 0.6 is 67.8 Å². The van der Waals surface area contributed by atoms with Gasteiger partial charge in [-0.15, -0.1) is 0 Å². The summed E-state index contributed by atoms with van der Waals surface area (Å²) in [5.74, 6) is -4.03. The molecule has 0 aliphatic rings. The van der Waals surface area contributed by atoms with Gasteiger partial charge in [-0.2, -0.15) is 0 Å². The summed E-state index contributed by atoms with van der Waals surface area (Å²) >= 11 is 5.64. The topological polar surface area (TPSA) is 153 Å². The summed E-state index contributed by atoms with van der Waals surface area (Å²) < 4.78 is 1.10. The zero-order valence-corrected chi connectivity index (χ0v) is 23.6. The Bertz CT molecular complexity index is 886. The molecular formula is C19H21I3N2O8. The fourth-order valence-corrected chi connectivity index (χ4v) is 7.86. The third-order valence-corrected chi connectivity index (χ3v) is 7.59. The van der Waals surface area contributed by atoms with Crippen molar-refractivity contribution in [3.63, 3.8) is 0 Å². The number of carbonyl (C=O) groups excluding carboxylic acids is 2. The number of halogens is 3. The van der Waals surface area contributed by atoms with Gasteiger partial charge in [0, 0.05) is 39.8 Å². The second-order valence-corrected chi connectivity index (χ2v) is 9.96. The van der Waals surface area contributed by atoms with E-state index in [1.807, 2.05) is 67.8 Å². The summed E-state index contributed by atoms with van der Waals surface area (Å²) in [6.07, 6.45) is -0.141. The minimum absolute atomic E-state index is 0.0390. The van der Waals surface area contributed by atoms with Crippen LogP contribution in [0.4, 0.5) is 11.4 Å². The van der Waals surface area contributed by atoms with Gasteiger partial charge in [0.25, 0.3) is 0 Å². The fraction of sp³-hybridized carbons (Fsp3) is 0.421. The van der Waals surface area contributed by atoms with Gasteiger partial charge in [0.1, 0.15) is 0 Å². The van der Waals surface area contributed by atoms with Crippen LogP contribution in [-0.2, 0) is 19.2 Å². The standard InChI is InChI=1S/C19H21I3N2O8/c1-23(9(25)5-3-7-11(27)28)17-14(20)13(19(31)32)15(21)18(16(17)22)24(2)10(26)6-4-8-12(29)30/h3-8H2,1-2H3,(H,27,28)(H,29,30)(H,31,32). The van der Waals surface area contributed by atoms with E-state index in [9.17, 15) is 29.1 Å². The van der Waals surface area contributed by atoms with Gasteiger partial charge in [-0.25, -0.2) is 4.79 Å². The van der Waals surface area contributed by atoms with Crippen molar-refractivity contribution in [2.24, 2.45) is 0 Å². The zero-order valence-electron chi connectivity index (χ0n) is 17.2. The van der Waals surface area contributed by atoms with Crippen molar-refractivity contribution in [2.45, 2.75) is 38.5 Å². The van der Waals surface area contributed by atoms with Gasteiger partial charge in [-0.05, 0) is 80.6 Å². The molecule has 176 valence electrons. The molecule has 0 heterocycles. The molecule has 0 bridgehead atoms. The summed E-state index contributed by atoms with van der Waals surface area (Å²) in [5.41, 5.74) is 0.557. The van der Waals surface area contributed by atoms with Crippen LogP contribution in [0.1, 0.15) is 48.9 Å². The molecule has 10 nitrogen and oxygen atoms in total. The second-order valence-electron chi connectivity index (χ2n) is 6.72. The lowest BCUT2D eigenvalue weighted by atomic mass is 10.1. The maximum Gasteiger partial charge on any atom is 0.338 e. The van der Waals surface area contributed by atoms with Crippen LogP contribution < -0.4 is 9.80 Å². The molecule has 0 aliphatic heterocycles. The molecule has 0 saturated carbocycles. The maximum atomic E-state index is 12.7. The van der Waals surface area contributed by atoms with Crippen molar-refractivity contribution in [3.05, 3.63) is 16.3 Å². The van der Waals surface area contributed by atoms with Gasteiger partial charge in [-0.3, -0.25) is 19.2 Å². The van der Waals surface area contributed by atoms with E-state index < -0.39 is 17.9 Å². The number of hydrogen-bond donors (Lipinski definition) is 3. The molecule has 0 spiro atoms. The van der Waals surface area contributed by atoms with Crippen LogP contribution in [0.15, 0.2) is 0 Å². The Labute approximate surface area is 225 Å². The van der Waals surface area contributed by atoms with Crippen LogP contribution in [0.3, 0.4) is 0 Å². The number of aromatic carboxylic acids is 1. The number of aliphatic carboxylic acids is 2. The first-order chi connectivity index (χ1) is 14.8. The van der Waals surface area contributed by atoms with E-state index in [1.54, 1.807) is 0 Å². The van der Waals surface area contributed by atoms with Crippen LogP contribution in [0.5, 0.6) is 0 Å². The number of benzene rings is 1. The Morgan fingerprint density at radius 1 is 0.656 bits per heavy atom. The van der Waals surface area contributed by atoms with Gasteiger partial charge >= 0.3 is 17.9 Å². The summed E-state index contributed by atoms with van der Waals surface area (Å²) in [6, 6.07) is 0. The molecule has 32 heavy (non-hydrogen) atoms. The zero-order chi connectivity index (χ0) is 24.7. The molecule has 1 rings (SSSR count). The highest BCUT2D eigenvalue weighted by Crippen LogP contribution is 2.42. The number of rotatable bonds is 11. The van der Waals surface area contributed by atoms with Crippen LogP contribution in [0.2, 0.25) is 0 Å². The maximum absolute atomic E-state index is 12.7. The fourth-order valence-electron chi connectivity index (χ4n) is 2.78. The van der Waals surface area contributed by atoms with E-state index in [-0.39, 0.29) is 55.9 Å². The summed E-state index contributed by atoms with van der Waals surface area (Å²) in [6.45, 7) is 0. The molecule has 0 saturated heterocycles. The first kappa shape index (κ1) is 28.8. The van der Waals surface area contributed by atoms with Gasteiger partial charge in [0.05, 0.1) is 27.6 Å². The first-order valence-electron chi connectivity index (χ1n) is 9.21. The number of amides is 2. The minimum atomic E-state index is -1.23. The highest BCUT2D eigenvalue weighted by atomic mass is 127. The Balaban J connectivity index is 3.44. The Morgan fingerprint density at radius 2 is 1.00 bits per heavy atom. The third kappa shape index (κ3) is 7.39. The average molecular weight is 786 g/mol. The van der Waals surface area contributed by atoms with Gasteiger partial charge in [0.2, 0.25) is 11.8 Å². The average Bonchev–Trinajstić information content (AvgIpc) is 2.66. The molecular weight excluding hydrogens is 765 g/mol. The lowest BCUT2D eigenvalue weighted by molar-refractivity contribution is -0.138. The Hall–Kier alpha value is -1.24. The van der Waals surface area contributed by atoms with E-state index in [4.69, 9.17) is 10.2 Å². The molecule has 1 aromatic rings. The van der Waals surface area contributed by atoms with Crippen molar-refractivity contribution in [1.29, 1.82) is 0 Å². The van der Waals surface area contributed by atoms with Gasteiger partial charge < -0.3 is 25.1 Å². The molecule has 2 amide bonds. The summed E-state index contributed by atoms with van der Waals surface area (Å²) in [5, 5.41) is 27.3. The molecule has 1 aromatic carbocycles.